The van der Waals surface area contributed by atoms with Gasteiger partial charge in [-0.1, -0.05) is 26.0 Å². The Kier molecular flexibility index (Phi) is 5.00. The Labute approximate surface area is 124 Å². The Bertz CT molecular complexity index is 516. The quantitative estimate of drug-likeness (QED) is 0.853. The molecule has 20 heavy (non-hydrogen) atoms. The summed E-state index contributed by atoms with van der Waals surface area (Å²) >= 11 is 0. The van der Waals surface area contributed by atoms with Crippen LogP contribution in [0.5, 0.6) is 0 Å². The normalized spacial score (nSPS) is 20.1. The number of hydrogen-bond donors (Lipinski definition) is 1. The van der Waals surface area contributed by atoms with Crippen LogP contribution in [0.1, 0.15) is 35.8 Å². The van der Waals surface area contributed by atoms with Gasteiger partial charge in [0, 0.05) is 5.41 Å². The highest BCUT2D eigenvalue weighted by Gasteiger charge is 2.38. The Morgan fingerprint density at radius 2 is 2.15 bits per heavy atom. The van der Waals surface area contributed by atoms with Crippen LogP contribution in [0.15, 0.2) is 24.3 Å². The fraction of sp³-hybridized carbons (Fsp3) is 0.429. The number of benzene rings is 1. The first kappa shape index (κ1) is 16.3. The number of amides is 1. The molecule has 0 aromatic heterocycles. The van der Waals surface area contributed by atoms with E-state index in [1.807, 2.05) is 19.9 Å². The van der Waals surface area contributed by atoms with E-state index in [2.05, 4.69) is 5.32 Å². The van der Waals surface area contributed by atoms with Crippen LogP contribution in [0, 0.1) is 5.41 Å². The van der Waals surface area contributed by atoms with Gasteiger partial charge in [-0.3, -0.25) is 0 Å². The maximum absolute atomic E-state index is 11.5. The van der Waals surface area contributed by atoms with Crippen LogP contribution in [0.25, 0.3) is 0 Å². The van der Waals surface area contributed by atoms with Crippen molar-refractivity contribution in [2.75, 3.05) is 13.7 Å². The number of carbonyl (C=O) groups is 2. The number of esters is 1. The molecule has 6 heteroatoms. The molecule has 1 saturated heterocycles. The Balaban J connectivity index is 0.00000200. The molecule has 1 aromatic rings. The lowest BCUT2D eigenvalue weighted by Crippen LogP contribution is -2.46. The summed E-state index contributed by atoms with van der Waals surface area (Å²) < 4.78 is 9.70. The molecule has 0 unspecified atom stereocenters. The first-order chi connectivity index (χ1) is 8.94. The zero-order valence-corrected chi connectivity index (χ0v) is 12.5. The molecule has 1 fully saturated rings. The summed E-state index contributed by atoms with van der Waals surface area (Å²) in [4.78, 5) is 22.9. The van der Waals surface area contributed by atoms with Gasteiger partial charge < -0.3 is 14.8 Å². The van der Waals surface area contributed by atoms with Crippen molar-refractivity contribution in [2.45, 2.75) is 19.9 Å². The predicted molar refractivity (Wildman–Crippen MR) is 76.0 cm³/mol. The van der Waals surface area contributed by atoms with Gasteiger partial charge in [-0.25, -0.2) is 9.59 Å². The summed E-state index contributed by atoms with van der Waals surface area (Å²) in [6.07, 6.45) is -0.437. The summed E-state index contributed by atoms with van der Waals surface area (Å²) in [6.45, 7) is 4.34. The molecular formula is C14H18ClNO4. The van der Waals surface area contributed by atoms with Crippen molar-refractivity contribution >= 4 is 24.5 Å². The monoisotopic (exact) mass is 299 g/mol. The van der Waals surface area contributed by atoms with Gasteiger partial charge in [-0.05, 0) is 17.7 Å². The SMILES string of the molecule is COC(=O)c1cccc([C@H]2NC(=O)OCC2(C)C)c1.Cl. The smallest absolute Gasteiger partial charge is 0.407 e. The number of halogens is 1. The molecule has 1 N–H and O–H groups in total. The van der Waals surface area contributed by atoms with Crippen molar-refractivity contribution in [1.29, 1.82) is 0 Å². The number of nitrogens with one attached hydrogen (secondary N) is 1. The third kappa shape index (κ3) is 3.22. The Morgan fingerprint density at radius 1 is 1.45 bits per heavy atom. The van der Waals surface area contributed by atoms with Crippen LogP contribution in [-0.2, 0) is 9.47 Å². The molecule has 0 spiro atoms. The van der Waals surface area contributed by atoms with Gasteiger partial charge in [0.05, 0.1) is 18.7 Å². The summed E-state index contributed by atoms with van der Waals surface area (Å²) in [6, 6.07) is 6.88. The van der Waals surface area contributed by atoms with Crippen molar-refractivity contribution in [3.05, 3.63) is 35.4 Å². The molecule has 1 aromatic carbocycles. The number of carbonyl (C=O) groups excluding carboxylic acids is 2. The molecule has 1 atom stereocenters. The Morgan fingerprint density at radius 3 is 2.80 bits per heavy atom. The van der Waals surface area contributed by atoms with Crippen LogP contribution < -0.4 is 5.32 Å². The zero-order chi connectivity index (χ0) is 14.0. The highest BCUT2D eigenvalue weighted by molar-refractivity contribution is 5.89. The number of hydrogen-bond acceptors (Lipinski definition) is 4. The number of rotatable bonds is 2. The summed E-state index contributed by atoms with van der Waals surface area (Å²) in [5.74, 6) is -0.391. The highest BCUT2D eigenvalue weighted by Crippen LogP contribution is 2.36. The number of methoxy groups -OCH3 is 1. The Hall–Kier alpha value is -1.75. The molecule has 1 heterocycles. The van der Waals surface area contributed by atoms with Gasteiger partial charge >= 0.3 is 12.1 Å². The fourth-order valence-corrected chi connectivity index (χ4v) is 2.19. The van der Waals surface area contributed by atoms with E-state index in [0.717, 1.165) is 5.56 Å². The van der Waals surface area contributed by atoms with E-state index in [1.54, 1.807) is 18.2 Å². The largest absolute Gasteiger partial charge is 0.465 e. The van der Waals surface area contributed by atoms with E-state index in [0.29, 0.717) is 12.2 Å². The van der Waals surface area contributed by atoms with E-state index in [9.17, 15) is 9.59 Å². The third-order valence-electron chi connectivity index (χ3n) is 3.26. The van der Waals surface area contributed by atoms with E-state index in [-0.39, 0.29) is 23.9 Å². The molecule has 1 amide bonds. The molecule has 0 radical (unpaired) electrons. The summed E-state index contributed by atoms with van der Waals surface area (Å²) in [5.41, 5.74) is 1.09. The van der Waals surface area contributed by atoms with Crippen LogP contribution in [0.4, 0.5) is 4.79 Å². The molecule has 5 nitrogen and oxygen atoms in total. The average molecular weight is 300 g/mol. The summed E-state index contributed by atoms with van der Waals surface area (Å²) in [5, 5.41) is 2.79. The van der Waals surface area contributed by atoms with E-state index >= 15 is 0 Å². The minimum atomic E-state index is -0.437. The van der Waals surface area contributed by atoms with Crippen LogP contribution >= 0.6 is 12.4 Å². The molecule has 1 aliphatic rings. The minimum absolute atomic E-state index is 0. The lowest BCUT2D eigenvalue weighted by molar-refractivity contribution is 0.0387. The van der Waals surface area contributed by atoms with E-state index in [1.165, 1.54) is 7.11 Å². The third-order valence-corrected chi connectivity index (χ3v) is 3.26. The molecule has 0 bridgehead atoms. The van der Waals surface area contributed by atoms with Gasteiger partial charge in [0.25, 0.3) is 0 Å². The van der Waals surface area contributed by atoms with Gasteiger partial charge in [0.1, 0.15) is 6.61 Å². The second kappa shape index (κ2) is 6.13. The van der Waals surface area contributed by atoms with E-state index in [4.69, 9.17) is 9.47 Å². The molecule has 1 aliphatic heterocycles. The second-order valence-electron chi connectivity index (χ2n) is 5.26. The zero-order valence-electron chi connectivity index (χ0n) is 11.6. The molecular weight excluding hydrogens is 282 g/mol. The topological polar surface area (TPSA) is 64.6 Å². The predicted octanol–water partition coefficient (Wildman–Crippen LogP) is 2.70. The fourth-order valence-electron chi connectivity index (χ4n) is 2.19. The van der Waals surface area contributed by atoms with Crippen molar-refractivity contribution in [3.63, 3.8) is 0 Å². The van der Waals surface area contributed by atoms with E-state index < -0.39 is 12.1 Å². The first-order valence-corrected chi connectivity index (χ1v) is 6.05. The van der Waals surface area contributed by atoms with Crippen molar-refractivity contribution in [3.8, 4) is 0 Å². The molecule has 0 aliphatic carbocycles. The van der Waals surface area contributed by atoms with Gasteiger partial charge in [0.15, 0.2) is 0 Å². The van der Waals surface area contributed by atoms with Crippen LogP contribution in [0.3, 0.4) is 0 Å². The van der Waals surface area contributed by atoms with Crippen LogP contribution in [-0.4, -0.2) is 25.8 Å². The highest BCUT2D eigenvalue weighted by atomic mass is 35.5. The van der Waals surface area contributed by atoms with Gasteiger partial charge in [0.2, 0.25) is 0 Å². The van der Waals surface area contributed by atoms with Crippen molar-refractivity contribution in [2.24, 2.45) is 5.41 Å². The van der Waals surface area contributed by atoms with Crippen molar-refractivity contribution in [1.82, 2.24) is 5.32 Å². The minimum Gasteiger partial charge on any atom is -0.465 e. The van der Waals surface area contributed by atoms with Gasteiger partial charge in [-0.2, -0.15) is 0 Å². The number of ether oxygens (including phenoxy) is 2. The second-order valence-corrected chi connectivity index (χ2v) is 5.26. The maximum Gasteiger partial charge on any atom is 0.407 e. The van der Waals surface area contributed by atoms with Crippen LogP contribution in [0.2, 0.25) is 0 Å². The summed E-state index contributed by atoms with van der Waals surface area (Å²) in [7, 11) is 1.34. The lowest BCUT2D eigenvalue weighted by atomic mass is 9.80. The number of cyclic esters (lactones) is 1. The standard InChI is InChI=1S/C14H17NO4.ClH/c1-14(2)8-19-13(17)15-11(14)9-5-4-6-10(7-9)12(16)18-3;/h4-7,11H,8H2,1-3H3,(H,15,17);1H/t11-;/m1./s1. The van der Waals surface area contributed by atoms with Gasteiger partial charge in [-0.15, -0.1) is 12.4 Å². The average Bonchev–Trinajstić information content (AvgIpc) is 2.41. The molecule has 0 saturated carbocycles. The lowest BCUT2D eigenvalue weighted by Gasteiger charge is -2.38. The number of alkyl carbamates (subject to hydrolysis) is 1. The first-order valence-electron chi connectivity index (χ1n) is 6.05. The molecule has 2 rings (SSSR count). The maximum atomic E-state index is 11.5. The van der Waals surface area contributed by atoms with Crippen molar-refractivity contribution < 1.29 is 19.1 Å². The molecule has 110 valence electrons.